The normalized spacial score (nSPS) is 24.3. The van der Waals surface area contributed by atoms with Gasteiger partial charge in [-0.25, -0.2) is 4.79 Å². The van der Waals surface area contributed by atoms with E-state index in [0.717, 1.165) is 30.6 Å². The van der Waals surface area contributed by atoms with Crippen LogP contribution in [0.5, 0.6) is 5.75 Å². The highest BCUT2D eigenvalue weighted by molar-refractivity contribution is 6.11. The molecule has 25 heavy (non-hydrogen) atoms. The molecule has 1 N–H and O–H groups in total. The van der Waals surface area contributed by atoms with E-state index in [4.69, 9.17) is 4.74 Å². The molecule has 6 nitrogen and oxygen atoms in total. The number of hydrogen-bond donors (Lipinski definition) is 1. The molecule has 1 saturated carbocycles. The fourth-order valence-corrected chi connectivity index (χ4v) is 3.92. The standard InChI is InChI=1S/C19H24N2O4/c1-19(13-8-4-3-5-9-13)17(23)21(18(24)20-19)12-15(22)14-10-6-7-11-16(14)25-2/h6-7,10-11,13H,3-5,8-9,12H2,1-2H3,(H,20,24)/t19-/m0/s1. The van der Waals surface area contributed by atoms with Gasteiger partial charge in [0.1, 0.15) is 11.3 Å². The lowest BCUT2D eigenvalue weighted by Gasteiger charge is -2.34. The lowest BCUT2D eigenvalue weighted by molar-refractivity contribution is -0.132. The Morgan fingerprint density at radius 1 is 1.24 bits per heavy atom. The number of para-hydroxylation sites is 1. The van der Waals surface area contributed by atoms with Crippen LogP contribution in [0.15, 0.2) is 24.3 Å². The van der Waals surface area contributed by atoms with Gasteiger partial charge in [-0.1, -0.05) is 31.4 Å². The first-order valence-electron chi connectivity index (χ1n) is 8.77. The first kappa shape index (κ1) is 17.5. The third-order valence-corrected chi connectivity index (χ3v) is 5.43. The van der Waals surface area contributed by atoms with Gasteiger partial charge in [-0.2, -0.15) is 0 Å². The van der Waals surface area contributed by atoms with Crippen molar-refractivity contribution in [2.75, 3.05) is 13.7 Å². The molecular weight excluding hydrogens is 320 g/mol. The van der Waals surface area contributed by atoms with E-state index in [-0.39, 0.29) is 24.2 Å². The molecule has 1 heterocycles. The molecule has 1 atom stereocenters. The van der Waals surface area contributed by atoms with Crippen LogP contribution < -0.4 is 10.1 Å². The Labute approximate surface area is 147 Å². The van der Waals surface area contributed by atoms with Crippen LogP contribution in [0.3, 0.4) is 0 Å². The summed E-state index contributed by atoms with van der Waals surface area (Å²) in [5.74, 6) is -0.0415. The molecule has 1 aliphatic heterocycles. The molecule has 0 unspecified atom stereocenters. The van der Waals surface area contributed by atoms with Crippen molar-refractivity contribution in [2.45, 2.75) is 44.6 Å². The van der Waals surface area contributed by atoms with Crippen molar-refractivity contribution in [1.82, 2.24) is 10.2 Å². The molecule has 134 valence electrons. The highest BCUT2D eigenvalue weighted by Crippen LogP contribution is 2.36. The van der Waals surface area contributed by atoms with Crippen LogP contribution in [0.2, 0.25) is 0 Å². The van der Waals surface area contributed by atoms with E-state index in [2.05, 4.69) is 5.32 Å². The SMILES string of the molecule is COc1ccccc1C(=O)CN1C(=O)N[C@@](C)(C2CCCCC2)C1=O. The van der Waals surface area contributed by atoms with Crippen LogP contribution in [0.25, 0.3) is 0 Å². The third-order valence-electron chi connectivity index (χ3n) is 5.43. The van der Waals surface area contributed by atoms with Gasteiger partial charge in [-0.3, -0.25) is 14.5 Å². The maximum absolute atomic E-state index is 12.9. The Balaban J connectivity index is 1.77. The molecule has 3 amide bonds. The minimum absolute atomic E-state index is 0.129. The van der Waals surface area contributed by atoms with Gasteiger partial charge in [0.2, 0.25) is 0 Å². The van der Waals surface area contributed by atoms with Crippen molar-refractivity contribution in [1.29, 1.82) is 0 Å². The summed E-state index contributed by atoms with van der Waals surface area (Å²) < 4.78 is 5.20. The Bertz CT molecular complexity index is 696. The van der Waals surface area contributed by atoms with Crippen LogP contribution in [0, 0.1) is 5.92 Å². The Kier molecular flexibility index (Phi) is 4.79. The molecule has 6 heteroatoms. The number of carbonyl (C=O) groups is 3. The van der Waals surface area contributed by atoms with Crippen LogP contribution in [-0.2, 0) is 4.79 Å². The largest absolute Gasteiger partial charge is 0.496 e. The molecule has 0 aromatic heterocycles. The Morgan fingerprint density at radius 2 is 1.92 bits per heavy atom. The van der Waals surface area contributed by atoms with E-state index in [9.17, 15) is 14.4 Å². The number of carbonyl (C=O) groups excluding carboxylic acids is 3. The zero-order chi connectivity index (χ0) is 18.0. The number of hydrogen-bond acceptors (Lipinski definition) is 4. The van der Waals surface area contributed by atoms with E-state index in [1.54, 1.807) is 31.2 Å². The second kappa shape index (κ2) is 6.86. The molecule has 0 bridgehead atoms. The number of imide groups is 1. The van der Waals surface area contributed by atoms with Crippen molar-refractivity contribution in [3.05, 3.63) is 29.8 Å². The number of ketones is 1. The van der Waals surface area contributed by atoms with E-state index in [1.807, 2.05) is 0 Å². The fourth-order valence-electron chi connectivity index (χ4n) is 3.92. The molecule has 0 spiro atoms. The molecule has 1 saturated heterocycles. The van der Waals surface area contributed by atoms with Crippen molar-refractivity contribution in [3.63, 3.8) is 0 Å². The molecule has 0 radical (unpaired) electrons. The van der Waals surface area contributed by atoms with E-state index in [0.29, 0.717) is 11.3 Å². The van der Waals surface area contributed by atoms with Gasteiger partial charge in [-0.15, -0.1) is 0 Å². The van der Waals surface area contributed by atoms with Crippen LogP contribution in [0.1, 0.15) is 49.4 Å². The van der Waals surface area contributed by atoms with Gasteiger partial charge in [-0.05, 0) is 37.8 Å². The molecule has 2 aliphatic rings. The molecule has 1 aliphatic carbocycles. The first-order chi connectivity index (χ1) is 12.0. The first-order valence-corrected chi connectivity index (χ1v) is 8.77. The molecule has 2 fully saturated rings. The number of nitrogens with one attached hydrogen (secondary N) is 1. The zero-order valence-corrected chi connectivity index (χ0v) is 14.7. The topological polar surface area (TPSA) is 75.7 Å². The number of benzene rings is 1. The summed E-state index contributed by atoms with van der Waals surface area (Å²) in [6, 6.07) is 6.34. The van der Waals surface area contributed by atoms with E-state index in [1.165, 1.54) is 13.5 Å². The van der Waals surface area contributed by atoms with Gasteiger partial charge < -0.3 is 10.1 Å². The smallest absolute Gasteiger partial charge is 0.325 e. The third kappa shape index (κ3) is 3.13. The van der Waals surface area contributed by atoms with Gasteiger partial charge in [0.25, 0.3) is 5.91 Å². The number of Topliss-reactive ketones (excluding diaryl/α,β-unsaturated/α-hetero) is 1. The second-order valence-electron chi connectivity index (χ2n) is 6.98. The summed E-state index contributed by atoms with van der Waals surface area (Å²) in [6.07, 6.45) is 5.17. The Morgan fingerprint density at radius 3 is 2.60 bits per heavy atom. The predicted molar refractivity (Wildman–Crippen MR) is 92.5 cm³/mol. The number of ether oxygens (including phenoxy) is 1. The minimum Gasteiger partial charge on any atom is -0.496 e. The zero-order valence-electron chi connectivity index (χ0n) is 14.7. The fraction of sp³-hybridized carbons (Fsp3) is 0.526. The van der Waals surface area contributed by atoms with Crippen LogP contribution in [0.4, 0.5) is 4.79 Å². The Hall–Kier alpha value is -2.37. The monoisotopic (exact) mass is 344 g/mol. The number of nitrogens with zero attached hydrogens (tertiary/aromatic N) is 1. The number of urea groups is 1. The summed E-state index contributed by atoms with van der Waals surface area (Å²) >= 11 is 0. The average molecular weight is 344 g/mol. The van der Waals surface area contributed by atoms with E-state index >= 15 is 0 Å². The van der Waals surface area contributed by atoms with Crippen molar-refractivity contribution >= 4 is 17.7 Å². The number of rotatable bonds is 5. The highest BCUT2D eigenvalue weighted by Gasteiger charge is 2.52. The van der Waals surface area contributed by atoms with Gasteiger partial charge in [0.05, 0.1) is 19.2 Å². The van der Waals surface area contributed by atoms with Crippen molar-refractivity contribution in [2.24, 2.45) is 5.92 Å². The number of amides is 3. The van der Waals surface area contributed by atoms with Gasteiger partial charge in [0, 0.05) is 0 Å². The second-order valence-corrected chi connectivity index (χ2v) is 6.98. The van der Waals surface area contributed by atoms with Crippen LogP contribution in [-0.4, -0.2) is 41.8 Å². The summed E-state index contributed by atoms with van der Waals surface area (Å²) in [7, 11) is 1.49. The molecular formula is C19H24N2O4. The quantitative estimate of drug-likeness (QED) is 0.658. The van der Waals surface area contributed by atoms with E-state index < -0.39 is 11.6 Å². The number of methoxy groups -OCH3 is 1. The summed E-state index contributed by atoms with van der Waals surface area (Å²) in [5, 5.41) is 2.84. The summed E-state index contributed by atoms with van der Waals surface area (Å²) in [5.41, 5.74) is -0.532. The van der Waals surface area contributed by atoms with Crippen molar-refractivity contribution < 1.29 is 19.1 Å². The summed E-state index contributed by atoms with van der Waals surface area (Å²) in [6.45, 7) is 1.52. The molecule has 1 aromatic rings. The maximum Gasteiger partial charge on any atom is 0.325 e. The molecule has 1 aromatic carbocycles. The lowest BCUT2D eigenvalue weighted by atomic mass is 9.75. The lowest BCUT2D eigenvalue weighted by Crippen LogP contribution is -2.51. The highest BCUT2D eigenvalue weighted by atomic mass is 16.5. The maximum atomic E-state index is 12.9. The van der Waals surface area contributed by atoms with Gasteiger partial charge in [0.15, 0.2) is 5.78 Å². The predicted octanol–water partition coefficient (Wildman–Crippen LogP) is 2.77. The minimum atomic E-state index is -0.904. The van der Waals surface area contributed by atoms with Crippen LogP contribution >= 0.6 is 0 Å². The summed E-state index contributed by atoms with van der Waals surface area (Å²) in [4.78, 5) is 38.9. The molecule has 3 rings (SSSR count). The van der Waals surface area contributed by atoms with Crippen molar-refractivity contribution in [3.8, 4) is 5.75 Å². The van der Waals surface area contributed by atoms with Gasteiger partial charge >= 0.3 is 6.03 Å². The average Bonchev–Trinajstić information content (AvgIpc) is 2.86.